The Morgan fingerprint density at radius 2 is 1.79 bits per heavy atom. The van der Waals surface area contributed by atoms with Crippen molar-refractivity contribution in [2.24, 2.45) is 0 Å². The second-order valence-corrected chi connectivity index (χ2v) is 8.67. The fourth-order valence-electron chi connectivity index (χ4n) is 3.57. The van der Waals surface area contributed by atoms with E-state index < -0.39 is 10.0 Å². The van der Waals surface area contributed by atoms with Gasteiger partial charge in [0.05, 0.1) is 49.1 Å². The first kappa shape index (κ1) is 21.0. The van der Waals surface area contributed by atoms with Gasteiger partial charge in [0.25, 0.3) is 0 Å². The highest BCUT2D eigenvalue weighted by Gasteiger charge is 2.19. The summed E-state index contributed by atoms with van der Waals surface area (Å²) in [7, 11) is -0.221. The lowest BCUT2D eigenvalue weighted by molar-refractivity contribution is 0.208. The molecule has 0 aliphatic heterocycles. The Hall–Kier alpha value is -2.71. The Morgan fingerprint density at radius 1 is 1.10 bits per heavy atom. The maximum absolute atomic E-state index is 12.2. The summed E-state index contributed by atoms with van der Waals surface area (Å²) in [5.41, 5.74) is 10.6. The number of nitrogen functional groups attached to an aromatic ring is 1. The van der Waals surface area contributed by atoms with Crippen LogP contribution in [0.1, 0.15) is 6.92 Å². The number of methoxy groups -OCH3 is 2. The van der Waals surface area contributed by atoms with E-state index >= 15 is 0 Å². The number of aromatic nitrogens is 1. The van der Waals surface area contributed by atoms with E-state index in [0.29, 0.717) is 18.0 Å². The van der Waals surface area contributed by atoms with Gasteiger partial charge in [-0.15, -0.1) is 0 Å². The van der Waals surface area contributed by atoms with Crippen molar-refractivity contribution in [1.82, 2.24) is 4.57 Å². The van der Waals surface area contributed by atoms with Crippen molar-refractivity contribution >= 4 is 32.3 Å². The predicted molar refractivity (Wildman–Crippen MR) is 118 cm³/mol. The third-order valence-corrected chi connectivity index (χ3v) is 6.15. The van der Waals surface area contributed by atoms with Gasteiger partial charge in [-0.2, -0.15) is 0 Å². The summed E-state index contributed by atoms with van der Waals surface area (Å²) in [6.07, 6.45) is 1.19. The zero-order valence-electron chi connectivity index (χ0n) is 17.2. The number of anilines is 2. The van der Waals surface area contributed by atoms with Crippen molar-refractivity contribution in [2.45, 2.75) is 13.5 Å². The fourth-order valence-corrected chi connectivity index (χ4v) is 4.48. The second-order valence-electron chi connectivity index (χ2n) is 6.76. The maximum atomic E-state index is 12.2. The summed E-state index contributed by atoms with van der Waals surface area (Å²) in [4.78, 5) is 0. The molecule has 1 heterocycles. The first-order chi connectivity index (χ1) is 13.8. The molecule has 2 N–H and O–H groups in total. The molecule has 156 valence electrons. The van der Waals surface area contributed by atoms with Crippen LogP contribution in [0.5, 0.6) is 5.75 Å². The van der Waals surface area contributed by atoms with E-state index in [1.54, 1.807) is 26.4 Å². The van der Waals surface area contributed by atoms with Crippen LogP contribution in [0.3, 0.4) is 0 Å². The lowest BCUT2D eigenvalue weighted by Crippen LogP contribution is -2.32. The Bertz CT molecular complexity index is 1110. The molecular formula is C21H27N3O4S. The number of nitrogens with two attached hydrogens (primary N) is 1. The molecule has 3 aromatic rings. The third-order valence-electron chi connectivity index (χ3n) is 4.95. The van der Waals surface area contributed by atoms with E-state index in [1.165, 1.54) is 10.6 Å². The maximum Gasteiger partial charge on any atom is 0.232 e. The van der Waals surface area contributed by atoms with Gasteiger partial charge in [0.2, 0.25) is 10.0 Å². The van der Waals surface area contributed by atoms with Gasteiger partial charge >= 0.3 is 0 Å². The van der Waals surface area contributed by atoms with Crippen LogP contribution in [0.25, 0.3) is 22.2 Å². The van der Waals surface area contributed by atoms with Gasteiger partial charge in [0.1, 0.15) is 5.75 Å². The molecule has 0 saturated heterocycles. The lowest BCUT2D eigenvalue weighted by Gasteiger charge is -2.22. The molecule has 0 radical (unpaired) electrons. The number of fused-ring (bicyclic) bond motifs is 1. The van der Waals surface area contributed by atoms with Gasteiger partial charge < -0.3 is 19.8 Å². The summed E-state index contributed by atoms with van der Waals surface area (Å²) >= 11 is 0. The van der Waals surface area contributed by atoms with E-state index in [-0.39, 0.29) is 6.54 Å². The molecule has 2 aromatic carbocycles. The van der Waals surface area contributed by atoms with Crippen molar-refractivity contribution in [2.75, 3.05) is 43.7 Å². The van der Waals surface area contributed by atoms with E-state index in [0.717, 1.165) is 34.5 Å². The first-order valence-corrected chi connectivity index (χ1v) is 11.2. The predicted octanol–water partition coefficient (Wildman–Crippen LogP) is 3.33. The normalized spacial score (nSPS) is 11.7. The quantitative estimate of drug-likeness (QED) is 0.607. The van der Waals surface area contributed by atoms with Gasteiger partial charge in [0, 0.05) is 30.7 Å². The number of nitrogens with zero attached hydrogens (tertiary/aromatic N) is 2. The minimum Gasteiger partial charge on any atom is -0.497 e. The van der Waals surface area contributed by atoms with Crippen LogP contribution in [-0.2, 0) is 21.3 Å². The van der Waals surface area contributed by atoms with Crippen molar-refractivity contribution in [3.05, 3.63) is 42.5 Å². The van der Waals surface area contributed by atoms with Crippen molar-refractivity contribution in [3.8, 4) is 17.0 Å². The SMILES string of the molecule is CCn1c(-c2ccc(N(CCOC)S(C)(=O)=O)cc2)c(N)c2ccc(OC)cc21. The molecule has 29 heavy (non-hydrogen) atoms. The number of aryl methyl sites for hydroxylation is 1. The van der Waals surface area contributed by atoms with Gasteiger partial charge in [-0.05, 0) is 31.2 Å². The summed E-state index contributed by atoms with van der Waals surface area (Å²) in [5.74, 6) is 0.772. The Balaban J connectivity index is 2.08. The average Bonchev–Trinajstić information content (AvgIpc) is 2.98. The zero-order valence-corrected chi connectivity index (χ0v) is 18.0. The molecule has 0 aliphatic rings. The number of rotatable bonds is 8. The summed E-state index contributed by atoms with van der Waals surface area (Å²) in [6.45, 7) is 3.37. The molecule has 0 bridgehead atoms. The minimum absolute atomic E-state index is 0.256. The van der Waals surface area contributed by atoms with Gasteiger partial charge in [-0.3, -0.25) is 4.31 Å². The molecule has 7 nitrogen and oxygen atoms in total. The Labute approximate surface area is 171 Å². The van der Waals surface area contributed by atoms with E-state index in [2.05, 4.69) is 11.5 Å². The molecule has 0 aliphatic carbocycles. The van der Waals surface area contributed by atoms with E-state index in [4.69, 9.17) is 15.2 Å². The topological polar surface area (TPSA) is 86.8 Å². The number of benzene rings is 2. The molecular weight excluding hydrogens is 390 g/mol. The van der Waals surface area contributed by atoms with Crippen molar-refractivity contribution in [3.63, 3.8) is 0 Å². The van der Waals surface area contributed by atoms with Gasteiger partial charge in [0.15, 0.2) is 0 Å². The average molecular weight is 418 g/mol. The van der Waals surface area contributed by atoms with E-state index in [9.17, 15) is 8.42 Å². The summed E-state index contributed by atoms with van der Waals surface area (Å²) in [5, 5.41) is 0.963. The summed E-state index contributed by atoms with van der Waals surface area (Å²) < 4.78 is 38.2. The largest absolute Gasteiger partial charge is 0.497 e. The number of ether oxygens (including phenoxy) is 2. The number of sulfonamides is 1. The fraction of sp³-hybridized carbons (Fsp3) is 0.333. The van der Waals surface area contributed by atoms with Crippen molar-refractivity contribution in [1.29, 1.82) is 0 Å². The molecule has 0 fully saturated rings. The monoisotopic (exact) mass is 417 g/mol. The zero-order chi connectivity index (χ0) is 21.2. The first-order valence-electron chi connectivity index (χ1n) is 9.34. The van der Waals surface area contributed by atoms with Crippen LogP contribution in [0, 0.1) is 0 Å². The lowest BCUT2D eigenvalue weighted by atomic mass is 10.1. The highest BCUT2D eigenvalue weighted by atomic mass is 32.2. The standard InChI is InChI=1S/C21H27N3O4S/c1-5-23-19-14-17(28-3)10-11-18(19)20(22)21(23)15-6-8-16(9-7-15)24(12-13-27-2)29(4,25)26/h6-11,14H,5,12-13,22H2,1-4H3. The van der Waals surface area contributed by atoms with Crippen LogP contribution < -0.4 is 14.8 Å². The van der Waals surface area contributed by atoms with Crippen LogP contribution in [0.15, 0.2) is 42.5 Å². The van der Waals surface area contributed by atoms with Crippen molar-refractivity contribution < 1.29 is 17.9 Å². The Kier molecular flexibility index (Phi) is 6.04. The summed E-state index contributed by atoms with van der Waals surface area (Å²) in [6, 6.07) is 13.2. The second kappa shape index (κ2) is 8.34. The number of hydrogen-bond donors (Lipinski definition) is 1. The number of hydrogen-bond acceptors (Lipinski definition) is 5. The molecule has 3 rings (SSSR count). The van der Waals surface area contributed by atoms with Crippen LogP contribution >= 0.6 is 0 Å². The molecule has 1 aromatic heterocycles. The van der Waals surface area contributed by atoms with Gasteiger partial charge in [-0.25, -0.2) is 8.42 Å². The van der Waals surface area contributed by atoms with Gasteiger partial charge in [-0.1, -0.05) is 12.1 Å². The molecule has 0 unspecified atom stereocenters. The van der Waals surface area contributed by atoms with Crippen LogP contribution in [0.2, 0.25) is 0 Å². The highest BCUT2D eigenvalue weighted by Crippen LogP contribution is 2.38. The van der Waals surface area contributed by atoms with Crippen LogP contribution in [-0.4, -0.2) is 46.6 Å². The third kappa shape index (κ3) is 4.04. The molecule has 0 spiro atoms. The highest BCUT2D eigenvalue weighted by molar-refractivity contribution is 7.92. The minimum atomic E-state index is -3.41. The molecule has 8 heteroatoms. The van der Waals surface area contributed by atoms with Crippen LogP contribution in [0.4, 0.5) is 11.4 Å². The molecule has 0 saturated carbocycles. The Morgan fingerprint density at radius 3 is 2.34 bits per heavy atom. The molecule has 0 atom stereocenters. The molecule has 0 amide bonds. The van der Waals surface area contributed by atoms with E-state index in [1.807, 2.05) is 30.3 Å². The smallest absolute Gasteiger partial charge is 0.232 e.